The first-order valence-electron chi connectivity index (χ1n) is 6.77. The van der Waals surface area contributed by atoms with Crippen molar-refractivity contribution in [2.75, 3.05) is 7.05 Å². The van der Waals surface area contributed by atoms with Crippen molar-refractivity contribution in [3.63, 3.8) is 0 Å². The van der Waals surface area contributed by atoms with Gasteiger partial charge in [0.05, 0.1) is 4.90 Å². The van der Waals surface area contributed by atoms with Gasteiger partial charge in [-0.25, -0.2) is 8.42 Å². The lowest BCUT2D eigenvalue weighted by Gasteiger charge is -2.29. The average Bonchev–Trinajstić information content (AvgIpc) is 2.43. The van der Waals surface area contributed by atoms with Gasteiger partial charge in [-0.3, -0.25) is 4.90 Å². The highest BCUT2D eigenvalue weighted by molar-refractivity contribution is 7.94. The Morgan fingerprint density at radius 2 is 1.68 bits per heavy atom. The molecule has 0 amide bonds. The summed E-state index contributed by atoms with van der Waals surface area (Å²) in [5.41, 5.74) is 0.477. The maximum absolute atomic E-state index is 12.2. The molecule has 0 fully saturated rings. The third-order valence-corrected chi connectivity index (χ3v) is 5.02. The van der Waals surface area contributed by atoms with E-state index in [-0.39, 0.29) is 28.5 Å². The lowest BCUT2D eigenvalue weighted by molar-refractivity contribution is -0.0797. The zero-order valence-corrected chi connectivity index (χ0v) is 13.7. The van der Waals surface area contributed by atoms with Crippen LogP contribution in [0, 0.1) is 0 Å². The summed E-state index contributed by atoms with van der Waals surface area (Å²) < 4.78 is 61.1. The Morgan fingerprint density at radius 1 is 1.14 bits per heavy atom. The van der Waals surface area contributed by atoms with Gasteiger partial charge in [0.1, 0.15) is 0 Å². The van der Waals surface area contributed by atoms with E-state index in [1.165, 1.54) is 12.1 Å². The van der Waals surface area contributed by atoms with E-state index in [0.717, 1.165) is 0 Å². The first-order valence-corrected chi connectivity index (χ1v) is 8.32. The van der Waals surface area contributed by atoms with Gasteiger partial charge in [-0.15, -0.1) is 0 Å². The van der Waals surface area contributed by atoms with Gasteiger partial charge >= 0.3 is 6.18 Å². The van der Waals surface area contributed by atoms with E-state index in [0.29, 0.717) is 5.56 Å². The largest absolute Gasteiger partial charge is 0.410 e. The number of sulfone groups is 1. The molecule has 3 nitrogen and oxygen atoms in total. The van der Waals surface area contributed by atoms with Gasteiger partial charge in [0.25, 0.3) is 0 Å². The lowest BCUT2D eigenvalue weighted by atomic mass is 10.1. The summed E-state index contributed by atoms with van der Waals surface area (Å²) in [6.07, 6.45) is -4.92. The molecular weight excluding hydrogens is 315 g/mol. The van der Waals surface area contributed by atoms with Crippen LogP contribution in [-0.2, 0) is 9.84 Å². The topological polar surface area (TPSA) is 37.4 Å². The Bertz CT molecular complexity index is 636. The third-order valence-electron chi connectivity index (χ3n) is 3.54. The van der Waals surface area contributed by atoms with Crippen LogP contribution in [0.1, 0.15) is 32.4 Å². The van der Waals surface area contributed by atoms with Crippen LogP contribution in [-0.4, -0.2) is 32.6 Å². The second-order valence-corrected chi connectivity index (χ2v) is 7.16. The van der Waals surface area contributed by atoms with Gasteiger partial charge in [-0.2, -0.15) is 13.2 Å². The fraction of sp³-hybridized carbons (Fsp3) is 0.467. The van der Waals surface area contributed by atoms with Crippen molar-refractivity contribution >= 4 is 9.84 Å². The van der Waals surface area contributed by atoms with Crippen LogP contribution in [0.3, 0.4) is 0 Å². The van der Waals surface area contributed by atoms with Gasteiger partial charge < -0.3 is 0 Å². The molecule has 1 rings (SSSR count). The molecule has 0 aliphatic heterocycles. The van der Waals surface area contributed by atoms with Crippen molar-refractivity contribution in [3.8, 4) is 0 Å². The lowest BCUT2D eigenvalue weighted by Crippen LogP contribution is -2.30. The van der Waals surface area contributed by atoms with Crippen molar-refractivity contribution in [1.29, 1.82) is 0 Å². The van der Waals surface area contributed by atoms with Gasteiger partial charge in [0.15, 0.2) is 9.84 Å². The molecule has 0 spiro atoms. The Labute approximate surface area is 129 Å². The summed E-state index contributed by atoms with van der Waals surface area (Å²) >= 11 is 0. The van der Waals surface area contributed by atoms with Gasteiger partial charge in [-0.05, 0) is 39.4 Å². The Hall–Kier alpha value is -1.34. The van der Waals surface area contributed by atoms with E-state index in [9.17, 15) is 21.6 Å². The van der Waals surface area contributed by atoms with Gasteiger partial charge in [0, 0.05) is 23.6 Å². The van der Waals surface area contributed by atoms with Crippen LogP contribution in [0.2, 0.25) is 0 Å². The number of alkyl halides is 3. The fourth-order valence-electron chi connectivity index (χ4n) is 1.99. The van der Waals surface area contributed by atoms with Crippen molar-refractivity contribution in [2.45, 2.75) is 43.9 Å². The highest BCUT2D eigenvalue weighted by Gasteiger charge is 2.26. The molecule has 1 atom stereocenters. The number of nitrogens with zero attached hydrogens (tertiary/aromatic N) is 1. The Balaban J connectivity index is 3.30. The van der Waals surface area contributed by atoms with Crippen LogP contribution in [0.15, 0.2) is 40.6 Å². The summed E-state index contributed by atoms with van der Waals surface area (Å²) in [4.78, 5) is 1.84. The number of hydrogen-bond acceptors (Lipinski definition) is 3. The van der Waals surface area contributed by atoms with E-state index in [1.807, 2.05) is 32.7 Å². The maximum atomic E-state index is 12.2. The van der Waals surface area contributed by atoms with Gasteiger partial charge in [0.2, 0.25) is 0 Å². The van der Waals surface area contributed by atoms with Crippen LogP contribution in [0.4, 0.5) is 13.2 Å². The minimum absolute atomic E-state index is 0.101. The summed E-state index contributed by atoms with van der Waals surface area (Å²) in [5.74, 6) is 0. The molecule has 22 heavy (non-hydrogen) atoms. The minimum atomic E-state index is -4.66. The number of halogens is 3. The number of benzene rings is 1. The zero-order valence-electron chi connectivity index (χ0n) is 12.9. The van der Waals surface area contributed by atoms with E-state index >= 15 is 0 Å². The molecule has 0 aromatic heterocycles. The molecule has 1 aromatic carbocycles. The quantitative estimate of drug-likeness (QED) is 0.818. The molecule has 124 valence electrons. The van der Waals surface area contributed by atoms with E-state index in [4.69, 9.17) is 0 Å². The van der Waals surface area contributed by atoms with Crippen molar-refractivity contribution in [2.24, 2.45) is 0 Å². The van der Waals surface area contributed by atoms with Crippen LogP contribution in [0.5, 0.6) is 0 Å². The predicted octanol–water partition coefficient (Wildman–Crippen LogP) is 3.94. The molecular formula is C15H20F3NO2S. The van der Waals surface area contributed by atoms with E-state index in [2.05, 4.69) is 0 Å². The fourth-order valence-corrected chi connectivity index (χ4v) is 3.31. The highest BCUT2D eigenvalue weighted by atomic mass is 32.2. The molecule has 0 heterocycles. The second-order valence-electron chi connectivity index (χ2n) is 5.36. The smallest absolute Gasteiger partial charge is 0.297 e. The van der Waals surface area contributed by atoms with E-state index in [1.54, 1.807) is 12.1 Å². The number of hydrogen-bond donors (Lipinski definition) is 0. The average molecular weight is 335 g/mol. The van der Waals surface area contributed by atoms with Crippen molar-refractivity contribution in [3.05, 3.63) is 41.3 Å². The van der Waals surface area contributed by atoms with E-state index < -0.39 is 16.0 Å². The summed E-state index contributed by atoms with van der Waals surface area (Å²) in [6, 6.07) is 6.04. The van der Waals surface area contributed by atoms with Crippen LogP contribution >= 0.6 is 0 Å². The predicted molar refractivity (Wildman–Crippen MR) is 80.1 cm³/mol. The number of rotatable bonds is 5. The summed E-state index contributed by atoms with van der Waals surface area (Å²) in [6.45, 7) is 5.73. The summed E-state index contributed by atoms with van der Waals surface area (Å²) in [7, 11) is -2.32. The zero-order chi connectivity index (χ0) is 17.1. The second kappa shape index (κ2) is 6.83. The monoisotopic (exact) mass is 335 g/mol. The SMILES string of the molecule is CC(C)N(C)[C@@H](C)c1ccccc1S(=O)(=O)/C=C/C(F)(F)F. The molecule has 0 radical (unpaired) electrons. The van der Waals surface area contributed by atoms with Crippen LogP contribution in [0.25, 0.3) is 0 Å². The molecule has 7 heteroatoms. The maximum Gasteiger partial charge on any atom is 0.410 e. The van der Waals surface area contributed by atoms with Crippen molar-refractivity contribution < 1.29 is 21.6 Å². The first-order chi connectivity index (χ1) is 9.96. The molecule has 0 aliphatic carbocycles. The van der Waals surface area contributed by atoms with Gasteiger partial charge in [-0.1, -0.05) is 18.2 Å². The Kier molecular flexibility index (Phi) is 5.81. The molecule has 0 N–H and O–H groups in total. The standard InChI is InChI=1S/C15H20F3NO2S/c1-11(2)19(4)12(3)13-7-5-6-8-14(13)22(20,21)10-9-15(16,17)18/h5-12H,1-4H3/b10-9+/t12-/m0/s1. The first kappa shape index (κ1) is 18.7. The van der Waals surface area contributed by atoms with Crippen LogP contribution < -0.4 is 0 Å². The minimum Gasteiger partial charge on any atom is -0.297 e. The molecule has 1 aromatic rings. The highest BCUT2D eigenvalue weighted by Crippen LogP contribution is 2.29. The molecule has 0 saturated carbocycles. The third kappa shape index (κ3) is 4.84. The molecule has 0 unspecified atom stereocenters. The summed E-state index contributed by atoms with van der Waals surface area (Å²) in [5, 5.41) is 0.216. The molecule has 0 bridgehead atoms. The number of allylic oxidation sites excluding steroid dienone is 1. The molecule has 0 aliphatic rings. The Morgan fingerprint density at radius 3 is 2.18 bits per heavy atom. The molecule has 0 saturated heterocycles. The van der Waals surface area contributed by atoms with Crippen molar-refractivity contribution in [1.82, 2.24) is 4.90 Å². The normalized spacial score (nSPS) is 15.0.